The molecule has 80 valence electrons. The van der Waals surface area contributed by atoms with E-state index in [0.717, 1.165) is 25.2 Å². The summed E-state index contributed by atoms with van der Waals surface area (Å²) >= 11 is 0. The van der Waals surface area contributed by atoms with Crippen LogP contribution < -0.4 is 0 Å². The molecular formula is C12H15NO2. The smallest absolute Gasteiger partial charge is 0.307 e. The SMILES string of the molecule is O=C(CCN1CC1)OCc1ccccc1. The number of ether oxygens (including phenoxy) is 1. The third kappa shape index (κ3) is 3.72. The summed E-state index contributed by atoms with van der Waals surface area (Å²) in [5.41, 5.74) is 1.04. The lowest BCUT2D eigenvalue weighted by Crippen LogP contribution is -2.10. The first-order valence-electron chi connectivity index (χ1n) is 5.26. The molecule has 0 spiro atoms. The fourth-order valence-electron chi connectivity index (χ4n) is 1.35. The number of hydrogen-bond donors (Lipinski definition) is 0. The van der Waals surface area contributed by atoms with Crippen molar-refractivity contribution < 1.29 is 9.53 Å². The lowest BCUT2D eigenvalue weighted by molar-refractivity contribution is -0.145. The Morgan fingerprint density at radius 1 is 1.27 bits per heavy atom. The van der Waals surface area contributed by atoms with Gasteiger partial charge in [-0.15, -0.1) is 0 Å². The van der Waals surface area contributed by atoms with Crippen molar-refractivity contribution >= 4 is 5.97 Å². The highest BCUT2D eigenvalue weighted by Crippen LogP contribution is 2.06. The van der Waals surface area contributed by atoms with Crippen molar-refractivity contribution in [2.24, 2.45) is 0 Å². The van der Waals surface area contributed by atoms with Crippen LogP contribution in [-0.4, -0.2) is 30.5 Å². The van der Waals surface area contributed by atoms with Gasteiger partial charge in [0.25, 0.3) is 0 Å². The Balaban J connectivity index is 1.66. The van der Waals surface area contributed by atoms with Crippen molar-refractivity contribution in [3.63, 3.8) is 0 Å². The summed E-state index contributed by atoms with van der Waals surface area (Å²) in [6.07, 6.45) is 0.507. The first-order valence-corrected chi connectivity index (χ1v) is 5.26. The summed E-state index contributed by atoms with van der Waals surface area (Å²) in [6.45, 7) is 3.49. The molecule has 0 N–H and O–H groups in total. The summed E-state index contributed by atoms with van der Waals surface area (Å²) in [5, 5.41) is 0. The van der Waals surface area contributed by atoms with Crippen molar-refractivity contribution in [2.45, 2.75) is 13.0 Å². The van der Waals surface area contributed by atoms with Gasteiger partial charge in [-0.1, -0.05) is 30.3 Å². The Morgan fingerprint density at radius 2 is 2.00 bits per heavy atom. The first kappa shape index (κ1) is 10.2. The number of nitrogens with zero attached hydrogens (tertiary/aromatic N) is 1. The van der Waals surface area contributed by atoms with Gasteiger partial charge in [0.05, 0.1) is 6.42 Å². The molecule has 1 aliphatic rings. The average Bonchev–Trinajstić information content (AvgIpc) is 3.09. The van der Waals surface area contributed by atoms with Gasteiger partial charge in [0.15, 0.2) is 0 Å². The summed E-state index contributed by atoms with van der Waals surface area (Å²) < 4.78 is 5.14. The maximum Gasteiger partial charge on any atom is 0.307 e. The van der Waals surface area contributed by atoms with Crippen molar-refractivity contribution in [2.75, 3.05) is 19.6 Å². The van der Waals surface area contributed by atoms with Crippen LogP contribution in [0.5, 0.6) is 0 Å². The molecule has 0 amide bonds. The van der Waals surface area contributed by atoms with Crippen LogP contribution in [0.3, 0.4) is 0 Å². The van der Waals surface area contributed by atoms with Gasteiger partial charge in [-0.25, -0.2) is 0 Å². The van der Waals surface area contributed by atoms with E-state index in [-0.39, 0.29) is 5.97 Å². The summed E-state index contributed by atoms with van der Waals surface area (Å²) in [6, 6.07) is 9.75. The van der Waals surface area contributed by atoms with Crippen LogP contribution in [0.15, 0.2) is 30.3 Å². The molecule has 0 unspecified atom stereocenters. The second-order valence-corrected chi connectivity index (χ2v) is 3.74. The van der Waals surface area contributed by atoms with E-state index >= 15 is 0 Å². The topological polar surface area (TPSA) is 29.3 Å². The third-order valence-electron chi connectivity index (χ3n) is 2.41. The van der Waals surface area contributed by atoms with Gasteiger partial charge in [-0.05, 0) is 5.56 Å². The number of rotatable bonds is 5. The van der Waals surface area contributed by atoms with E-state index in [1.165, 1.54) is 0 Å². The predicted octanol–water partition coefficient (Wildman–Crippen LogP) is 1.44. The lowest BCUT2D eigenvalue weighted by atomic mass is 10.2. The first-order chi connectivity index (χ1) is 7.34. The molecule has 0 atom stereocenters. The second kappa shape index (κ2) is 4.94. The van der Waals surface area contributed by atoms with Crippen LogP contribution in [-0.2, 0) is 16.1 Å². The highest BCUT2D eigenvalue weighted by Gasteiger charge is 2.17. The molecule has 0 saturated carbocycles. The minimum absolute atomic E-state index is 0.106. The molecule has 2 rings (SSSR count). The monoisotopic (exact) mass is 205 g/mol. The minimum Gasteiger partial charge on any atom is -0.461 e. The highest BCUT2D eigenvalue weighted by atomic mass is 16.5. The molecule has 1 aromatic rings. The van der Waals surface area contributed by atoms with Crippen LogP contribution in [0.2, 0.25) is 0 Å². The predicted molar refractivity (Wildman–Crippen MR) is 57.3 cm³/mol. The third-order valence-corrected chi connectivity index (χ3v) is 2.41. The van der Waals surface area contributed by atoms with E-state index in [0.29, 0.717) is 13.0 Å². The lowest BCUT2D eigenvalue weighted by Gasteiger charge is -2.04. The van der Waals surface area contributed by atoms with Crippen LogP contribution in [0.1, 0.15) is 12.0 Å². The highest BCUT2D eigenvalue weighted by molar-refractivity contribution is 5.69. The molecule has 3 nitrogen and oxygen atoms in total. The van der Waals surface area contributed by atoms with E-state index in [1.54, 1.807) is 0 Å². The molecule has 0 radical (unpaired) electrons. The van der Waals surface area contributed by atoms with E-state index in [2.05, 4.69) is 4.90 Å². The van der Waals surface area contributed by atoms with E-state index in [4.69, 9.17) is 4.74 Å². The van der Waals surface area contributed by atoms with Crippen molar-refractivity contribution in [1.82, 2.24) is 4.90 Å². The molecule has 0 aliphatic carbocycles. The minimum atomic E-state index is -0.106. The van der Waals surface area contributed by atoms with Gasteiger partial charge in [-0.3, -0.25) is 4.79 Å². The van der Waals surface area contributed by atoms with Crippen molar-refractivity contribution in [3.05, 3.63) is 35.9 Å². The molecule has 0 bridgehead atoms. The summed E-state index contributed by atoms with van der Waals surface area (Å²) in [5.74, 6) is -0.106. The number of carbonyl (C=O) groups is 1. The molecule has 1 saturated heterocycles. The fourth-order valence-corrected chi connectivity index (χ4v) is 1.35. The standard InChI is InChI=1S/C12H15NO2/c14-12(6-7-13-8-9-13)15-10-11-4-2-1-3-5-11/h1-5H,6-10H2. The van der Waals surface area contributed by atoms with Crippen LogP contribution in [0.25, 0.3) is 0 Å². The van der Waals surface area contributed by atoms with Crippen molar-refractivity contribution in [1.29, 1.82) is 0 Å². The van der Waals surface area contributed by atoms with E-state index in [9.17, 15) is 4.79 Å². The number of carbonyl (C=O) groups excluding carboxylic acids is 1. The zero-order chi connectivity index (χ0) is 10.5. The van der Waals surface area contributed by atoms with Gasteiger partial charge in [0, 0.05) is 19.6 Å². The Kier molecular flexibility index (Phi) is 3.35. The van der Waals surface area contributed by atoms with E-state index in [1.807, 2.05) is 30.3 Å². The van der Waals surface area contributed by atoms with Gasteiger partial charge in [-0.2, -0.15) is 0 Å². The number of hydrogen-bond acceptors (Lipinski definition) is 3. The van der Waals surface area contributed by atoms with E-state index < -0.39 is 0 Å². The Bertz CT molecular complexity index is 320. The van der Waals surface area contributed by atoms with Crippen LogP contribution in [0, 0.1) is 0 Å². The maximum atomic E-state index is 11.3. The largest absolute Gasteiger partial charge is 0.461 e. The quantitative estimate of drug-likeness (QED) is 0.538. The van der Waals surface area contributed by atoms with Crippen molar-refractivity contribution in [3.8, 4) is 0 Å². The second-order valence-electron chi connectivity index (χ2n) is 3.74. The molecular weight excluding hydrogens is 190 g/mol. The molecule has 1 fully saturated rings. The van der Waals surface area contributed by atoms with Gasteiger partial charge in [0.2, 0.25) is 0 Å². The summed E-state index contributed by atoms with van der Waals surface area (Å²) in [7, 11) is 0. The normalized spacial score (nSPS) is 14.9. The maximum absolute atomic E-state index is 11.3. The molecule has 1 aromatic carbocycles. The zero-order valence-electron chi connectivity index (χ0n) is 8.69. The van der Waals surface area contributed by atoms with Gasteiger partial charge >= 0.3 is 5.97 Å². The van der Waals surface area contributed by atoms with Crippen LogP contribution >= 0.6 is 0 Å². The molecule has 0 aromatic heterocycles. The summed E-state index contributed by atoms with van der Waals surface area (Å²) in [4.78, 5) is 13.5. The Hall–Kier alpha value is -1.35. The fraction of sp³-hybridized carbons (Fsp3) is 0.417. The Labute approximate surface area is 89.7 Å². The molecule has 1 heterocycles. The molecule has 3 heteroatoms. The number of esters is 1. The molecule has 15 heavy (non-hydrogen) atoms. The zero-order valence-corrected chi connectivity index (χ0v) is 8.69. The number of benzene rings is 1. The van der Waals surface area contributed by atoms with Gasteiger partial charge in [0.1, 0.15) is 6.61 Å². The van der Waals surface area contributed by atoms with Crippen LogP contribution in [0.4, 0.5) is 0 Å². The Morgan fingerprint density at radius 3 is 2.67 bits per heavy atom. The average molecular weight is 205 g/mol. The van der Waals surface area contributed by atoms with Gasteiger partial charge < -0.3 is 9.64 Å². The molecule has 1 aliphatic heterocycles.